The maximum absolute atomic E-state index is 13.2. The molecular formula is C33H42N4O4. The molecule has 8 nitrogen and oxygen atoms in total. The number of hydrogen-bond acceptors (Lipinski definition) is 4. The number of carbonyl (C=O) groups is 4. The predicted octanol–water partition coefficient (Wildman–Crippen LogP) is 4.16. The molecule has 0 saturated heterocycles. The summed E-state index contributed by atoms with van der Waals surface area (Å²) >= 11 is 0. The van der Waals surface area contributed by atoms with Crippen LogP contribution in [0.5, 0.6) is 0 Å². The number of carbonyl (C=O) groups excluding carboxylic acids is 4. The number of amides is 4. The SMILES string of the molecule is C[C@@H](CC(=O)NCc1cccc2ccccc12)NC(=O)[C@H](CCC(=O)NC(C)(C)C)NC(=O)CCc1ccccc1. The third-order valence-corrected chi connectivity index (χ3v) is 6.55. The Bertz CT molecular complexity index is 1330. The number of fused-ring (bicyclic) bond motifs is 1. The lowest BCUT2D eigenvalue weighted by Gasteiger charge is -2.23. The summed E-state index contributed by atoms with van der Waals surface area (Å²) in [5.74, 6) is -1.09. The van der Waals surface area contributed by atoms with E-state index in [0.717, 1.165) is 21.9 Å². The molecule has 0 radical (unpaired) electrons. The van der Waals surface area contributed by atoms with Gasteiger partial charge in [0.2, 0.25) is 23.6 Å². The van der Waals surface area contributed by atoms with Crippen molar-refractivity contribution in [1.29, 1.82) is 0 Å². The zero-order valence-electron chi connectivity index (χ0n) is 24.5. The van der Waals surface area contributed by atoms with Crippen LogP contribution >= 0.6 is 0 Å². The monoisotopic (exact) mass is 558 g/mol. The van der Waals surface area contributed by atoms with E-state index < -0.39 is 23.5 Å². The highest BCUT2D eigenvalue weighted by Crippen LogP contribution is 2.18. The third kappa shape index (κ3) is 11.1. The quantitative estimate of drug-likeness (QED) is 0.252. The van der Waals surface area contributed by atoms with Gasteiger partial charge in [0.15, 0.2) is 0 Å². The maximum Gasteiger partial charge on any atom is 0.242 e. The lowest BCUT2D eigenvalue weighted by Crippen LogP contribution is -2.50. The summed E-state index contributed by atoms with van der Waals surface area (Å²) in [6, 6.07) is 22.2. The minimum absolute atomic E-state index is 0.0776. The maximum atomic E-state index is 13.2. The number of aryl methyl sites for hydroxylation is 1. The van der Waals surface area contributed by atoms with E-state index in [1.807, 2.05) is 93.6 Å². The topological polar surface area (TPSA) is 116 Å². The van der Waals surface area contributed by atoms with Crippen LogP contribution in [-0.2, 0) is 32.1 Å². The van der Waals surface area contributed by atoms with Crippen molar-refractivity contribution in [2.45, 2.75) is 84.0 Å². The van der Waals surface area contributed by atoms with Gasteiger partial charge in [-0.2, -0.15) is 0 Å². The molecule has 0 spiro atoms. The van der Waals surface area contributed by atoms with Crippen LogP contribution in [-0.4, -0.2) is 41.3 Å². The molecule has 0 heterocycles. The summed E-state index contributed by atoms with van der Waals surface area (Å²) in [6.45, 7) is 7.77. The summed E-state index contributed by atoms with van der Waals surface area (Å²) in [7, 11) is 0. The van der Waals surface area contributed by atoms with Crippen molar-refractivity contribution in [1.82, 2.24) is 21.3 Å². The fraction of sp³-hybridized carbons (Fsp3) is 0.394. The Morgan fingerprint density at radius 1 is 0.756 bits per heavy atom. The molecule has 0 fully saturated rings. The Kier molecular flexibility index (Phi) is 11.4. The summed E-state index contributed by atoms with van der Waals surface area (Å²) in [5.41, 5.74) is 1.64. The van der Waals surface area contributed by atoms with Crippen LogP contribution in [0.15, 0.2) is 72.8 Å². The molecule has 0 aliphatic rings. The molecule has 0 aliphatic carbocycles. The second kappa shape index (κ2) is 15.0. The molecule has 218 valence electrons. The molecule has 0 aromatic heterocycles. The smallest absolute Gasteiger partial charge is 0.242 e. The Morgan fingerprint density at radius 2 is 1.44 bits per heavy atom. The standard InChI is InChI=1S/C33H42N4O4/c1-23(21-31(40)34-22-26-15-10-14-25-13-8-9-16-27(25)26)35-32(41)28(18-20-30(39)37-33(2,3)4)36-29(38)19-17-24-11-6-5-7-12-24/h5-16,23,28H,17-22H2,1-4H3,(H,34,40)(H,35,41)(H,36,38)(H,37,39)/t23-,28-/m0/s1. The molecule has 2 atom stereocenters. The predicted molar refractivity (Wildman–Crippen MR) is 162 cm³/mol. The largest absolute Gasteiger partial charge is 0.352 e. The van der Waals surface area contributed by atoms with Gasteiger partial charge >= 0.3 is 0 Å². The van der Waals surface area contributed by atoms with Gasteiger partial charge in [0, 0.05) is 37.4 Å². The van der Waals surface area contributed by atoms with Crippen molar-refractivity contribution in [3.8, 4) is 0 Å². The van der Waals surface area contributed by atoms with E-state index in [0.29, 0.717) is 13.0 Å². The molecule has 41 heavy (non-hydrogen) atoms. The Morgan fingerprint density at radius 3 is 2.17 bits per heavy atom. The van der Waals surface area contributed by atoms with E-state index in [-0.39, 0.29) is 43.4 Å². The second-order valence-corrected chi connectivity index (χ2v) is 11.5. The van der Waals surface area contributed by atoms with E-state index in [1.165, 1.54) is 0 Å². The van der Waals surface area contributed by atoms with E-state index in [9.17, 15) is 19.2 Å². The molecule has 0 aliphatic heterocycles. The van der Waals surface area contributed by atoms with Gasteiger partial charge in [-0.1, -0.05) is 72.8 Å². The number of rotatable bonds is 13. The van der Waals surface area contributed by atoms with Gasteiger partial charge in [-0.3, -0.25) is 19.2 Å². The Hall–Kier alpha value is -4.20. The molecule has 4 N–H and O–H groups in total. The average molecular weight is 559 g/mol. The van der Waals surface area contributed by atoms with Crippen molar-refractivity contribution in [3.63, 3.8) is 0 Å². The molecule has 3 aromatic carbocycles. The van der Waals surface area contributed by atoms with Crippen LogP contribution in [0.25, 0.3) is 10.8 Å². The van der Waals surface area contributed by atoms with Crippen molar-refractivity contribution in [2.24, 2.45) is 0 Å². The van der Waals surface area contributed by atoms with Crippen LogP contribution in [0.2, 0.25) is 0 Å². The van der Waals surface area contributed by atoms with Gasteiger partial charge in [-0.25, -0.2) is 0 Å². The first-order chi connectivity index (χ1) is 19.5. The van der Waals surface area contributed by atoms with Crippen LogP contribution in [0.1, 0.15) is 64.5 Å². The Labute approximate surface area is 242 Å². The third-order valence-electron chi connectivity index (χ3n) is 6.55. The normalized spacial score (nSPS) is 12.7. The van der Waals surface area contributed by atoms with Crippen LogP contribution < -0.4 is 21.3 Å². The van der Waals surface area contributed by atoms with Crippen LogP contribution in [0, 0.1) is 0 Å². The van der Waals surface area contributed by atoms with Gasteiger partial charge in [0.25, 0.3) is 0 Å². The second-order valence-electron chi connectivity index (χ2n) is 11.5. The van der Waals surface area contributed by atoms with Gasteiger partial charge in [-0.15, -0.1) is 0 Å². The fourth-order valence-corrected chi connectivity index (χ4v) is 4.58. The van der Waals surface area contributed by atoms with Gasteiger partial charge < -0.3 is 21.3 Å². The summed E-state index contributed by atoms with van der Waals surface area (Å²) in [5, 5.41) is 13.6. The molecule has 8 heteroatoms. The molecule has 0 unspecified atom stereocenters. The molecular weight excluding hydrogens is 516 g/mol. The van der Waals surface area contributed by atoms with Crippen molar-refractivity contribution < 1.29 is 19.2 Å². The molecule has 4 amide bonds. The summed E-state index contributed by atoms with van der Waals surface area (Å²) < 4.78 is 0. The van der Waals surface area contributed by atoms with Gasteiger partial charge in [-0.05, 0) is 62.4 Å². The molecule has 0 bridgehead atoms. The lowest BCUT2D eigenvalue weighted by molar-refractivity contribution is -0.130. The van der Waals surface area contributed by atoms with E-state index >= 15 is 0 Å². The average Bonchev–Trinajstić information content (AvgIpc) is 2.92. The highest BCUT2D eigenvalue weighted by molar-refractivity contribution is 5.89. The van der Waals surface area contributed by atoms with Gasteiger partial charge in [0.1, 0.15) is 6.04 Å². The Balaban J connectivity index is 1.54. The van der Waals surface area contributed by atoms with Crippen LogP contribution in [0.3, 0.4) is 0 Å². The minimum Gasteiger partial charge on any atom is -0.352 e. The fourth-order valence-electron chi connectivity index (χ4n) is 4.58. The first-order valence-electron chi connectivity index (χ1n) is 14.2. The first-order valence-corrected chi connectivity index (χ1v) is 14.2. The lowest BCUT2D eigenvalue weighted by atomic mass is 10.0. The number of benzene rings is 3. The highest BCUT2D eigenvalue weighted by atomic mass is 16.2. The number of nitrogens with one attached hydrogen (secondary N) is 4. The molecule has 3 aromatic rings. The summed E-state index contributed by atoms with van der Waals surface area (Å²) in [4.78, 5) is 51.0. The molecule has 3 rings (SSSR count). The minimum atomic E-state index is -0.898. The van der Waals surface area contributed by atoms with E-state index in [1.54, 1.807) is 6.92 Å². The van der Waals surface area contributed by atoms with E-state index in [4.69, 9.17) is 0 Å². The first kappa shape index (κ1) is 31.3. The molecule has 0 saturated carbocycles. The van der Waals surface area contributed by atoms with E-state index in [2.05, 4.69) is 21.3 Å². The summed E-state index contributed by atoms with van der Waals surface area (Å²) in [6.07, 6.45) is 1.06. The highest BCUT2D eigenvalue weighted by Gasteiger charge is 2.24. The zero-order chi connectivity index (χ0) is 29.8. The van der Waals surface area contributed by atoms with Crippen molar-refractivity contribution in [2.75, 3.05) is 0 Å². The number of hydrogen-bond donors (Lipinski definition) is 4. The van der Waals surface area contributed by atoms with Crippen LogP contribution in [0.4, 0.5) is 0 Å². The van der Waals surface area contributed by atoms with Gasteiger partial charge in [0.05, 0.1) is 0 Å². The van der Waals surface area contributed by atoms with Crippen molar-refractivity contribution in [3.05, 3.63) is 83.9 Å². The zero-order valence-corrected chi connectivity index (χ0v) is 24.5. The van der Waals surface area contributed by atoms with Crippen molar-refractivity contribution >= 4 is 34.4 Å².